The van der Waals surface area contributed by atoms with Gasteiger partial charge in [-0.2, -0.15) is 5.10 Å². The summed E-state index contributed by atoms with van der Waals surface area (Å²) in [6.45, 7) is 0. The van der Waals surface area contributed by atoms with Crippen LogP contribution < -0.4 is 10.3 Å². The Morgan fingerprint density at radius 2 is 2.12 bits per heavy atom. The first-order valence-electron chi connectivity index (χ1n) is 7.36. The Balaban J connectivity index is 2.06. The van der Waals surface area contributed by atoms with Gasteiger partial charge in [-0.1, -0.05) is 6.07 Å². The second-order valence-corrected chi connectivity index (χ2v) is 6.53. The number of methoxy groups -OCH3 is 1. The first-order chi connectivity index (χ1) is 12.0. The maximum Gasteiger partial charge on any atom is 0.277 e. The highest BCUT2D eigenvalue weighted by Gasteiger charge is 2.14. The van der Waals surface area contributed by atoms with E-state index in [0.717, 1.165) is 0 Å². The van der Waals surface area contributed by atoms with Crippen molar-refractivity contribution in [2.45, 2.75) is 6.42 Å². The minimum Gasteiger partial charge on any atom is -0.480 e. The summed E-state index contributed by atoms with van der Waals surface area (Å²) in [5.41, 5.74) is 0.781. The van der Waals surface area contributed by atoms with Gasteiger partial charge in [-0.15, -0.1) is 0 Å². The summed E-state index contributed by atoms with van der Waals surface area (Å²) in [7, 11) is -0.624. The predicted octanol–water partition coefficient (Wildman–Crippen LogP) is 1.97. The van der Waals surface area contributed by atoms with Gasteiger partial charge in [-0.3, -0.25) is 4.79 Å². The van der Waals surface area contributed by atoms with Gasteiger partial charge in [0.15, 0.2) is 8.38 Å². The molecule has 0 radical (unpaired) electrons. The van der Waals surface area contributed by atoms with Crippen LogP contribution in [0.15, 0.2) is 35.3 Å². The molecular weight excluding hydrogens is 348 g/mol. The minimum absolute atomic E-state index is 0.0887. The Morgan fingerprint density at radius 3 is 2.80 bits per heavy atom. The van der Waals surface area contributed by atoms with Crippen LogP contribution in [0.4, 0.5) is 4.39 Å². The second-order valence-electron chi connectivity index (χ2n) is 5.34. The zero-order chi connectivity index (χ0) is 18.0. The highest BCUT2D eigenvalue weighted by molar-refractivity contribution is 7.45. The molecular formula is C16H15FN3O4P. The Bertz CT molecular complexity index is 977. The van der Waals surface area contributed by atoms with Crippen LogP contribution in [0, 0.1) is 5.82 Å². The number of hydrogen-bond acceptors (Lipinski definition) is 6. The lowest BCUT2D eigenvalue weighted by Gasteiger charge is -2.09. The van der Waals surface area contributed by atoms with E-state index in [4.69, 9.17) is 14.5 Å². The van der Waals surface area contributed by atoms with Gasteiger partial charge in [-0.05, 0) is 30.2 Å². The van der Waals surface area contributed by atoms with Crippen molar-refractivity contribution in [1.29, 1.82) is 0 Å². The molecule has 0 aliphatic carbocycles. The standard InChI is InChI=1S/C16H15FN3O4P/c1-24-16-14-10(8-18-20-15(14)21)7-13(19-16)11-3-2-9(6-12(11)17)4-5-25(22)23/h2-3,6-8,22-23H,4-5H2,1H3,(H,20,21). The Hall–Kier alpha value is -2.41. The number of benzene rings is 1. The molecule has 2 aromatic heterocycles. The summed E-state index contributed by atoms with van der Waals surface area (Å²) in [4.78, 5) is 34.1. The Kier molecular flexibility index (Phi) is 5.03. The molecule has 2 heterocycles. The summed E-state index contributed by atoms with van der Waals surface area (Å²) in [6, 6.07) is 6.17. The molecule has 0 aliphatic heterocycles. The maximum absolute atomic E-state index is 14.5. The maximum atomic E-state index is 14.5. The quantitative estimate of drug-likeness (QED) is 0.598. The topological polar surface area (TPSA) is 108 Å². The molecule has 0 saturated heterocycles. The van der Waals surface area contributed by atoms with E-state index in [1.54, 1.807) is 18.2 Å². The van der Waals surface area contributed by atoms with E-state index in [1.165, 1.54) is 19.4 Å². The average molecular weight is 363 g/mol. The molecule has 0 saturated carbocycles. The molecule has 3 N–H and O–H groups in total. The van der Waals surface area contributed by atoms with Crippen LogP contribution in [-0.4, -0.2) is 38.2 Å². The number of aromatic amines is 1. The SMILES string of the molecule is COc1nc(-c2ccc(CCP(O)O)cc2F)cc2cn[nH]c(=O)c12. The van der Waals surface area contributed by atoms with Crippen molar-refractivity contribution in [2.75, 3.05) is 13.3 Å². The fourth-order valence-corrected chi connectivity index (χ4v) is 2.98. The third kappa shape index (κ3) is 3.66. The monoisotopic (exact) mass is 363 g/mol. The molecule has 0 fully saturated rings. The molecule has 0 unspecified atom stereocenters. The van der Waals surface area contributed by atoms with Crippen LogP contribution >= 0.6 is 8.38 Å². The van der Waals surface area contributed by atoms with Crippen molar-refractivity contribution in [3.8, 4) is 17.1 Å². The number of fused-ring (bicyclic) bond motifs is 1. The van der Waals surface area contributed by atoms with Gasteiger partial charge in [0.1, 0.15) is 11.2 Å². The average Bonchev–Trinajstić information content (AvgIpc) is 2.59. The lowest BCUT2D eigenvalue weighted by molar-refractivity contribution is 0.403. The van der Waals surface area contributed by atoms with E-state index in [0.29, 0.717) is 23.1 Å². The third-order valence-electron chi connectivity index (χ3n) is 3.72. The zero-order valence-electron chi connectivity index (χ0n) is 13.2. The van der Waals surface area contributed by atoms with Gasteiger partial charge in [-0.25, -0.2) is 14.5 Å². The number of rotatable bonds is 5. The second kappa shape index (κ2) is 7.23. The summed E-state index contributed by atoms with van der Waals surface area (Å²) in [5.74, 6) is -0.407. The van der Waals surface area contributed by atoms with Crippen molar-refractivity contribution >= 4 is 19.1 Å². The van der Waals surface area contributed by atoms with E-state index in [9.17, 15) is 9.18 Å². The van der Waals surface area contributed by atoms with Crippen LogP contribution in [0.1, 0.15) is 5.56 Å². The van der Waals surface area contributed by atoms with Crippen molar-refractivity contribution in [3.05, 3.63) is 52.2 Å². The van der Waals surface area contributed by atoms with Gasteiger partial charge < -0.3 is 14.5 Å². The molecule has 0 spiro atoms. The van der Waals surface area contributed by atoms with Crippen LogP contribution in [-0.2, 0) is 6.42 Å². The lowest BCUT2D eigenvalue weighted by Crippen LogP contribution is -2.10. The van der Waals surface area contributed by atoms with Gasteiger partial charge in [0.2, 0.25) is 5.88 Å². The first-order valence-corrected chi connectivity index (χ1v) is 8.79. The van der Waals surface area contributed by atoms with Crippen LogP contribution in [0.25, 0.3) is 22.0 Å². The number of aryl methyl sites for hydroxylation is 1. The molecule has 0 bridgehead atoms. The number of hydrogen-bond donors (Lipinski definition) is 3. The van der Waals surface area contributed by atoms with Crippen molar-refractivity contribution in [3.63, 3.8) is 0 Å². The number of H-pyrrole nitrogens is 1. The molecule has 0 aliphatic rings. The summed E-state index contributed by atoms with van der Waals surface area (Å²) in [5, 5.41) is 6.79. The number of pyridine rings is 1. The molecule has 3 rings (SSSR count). The number of ether oxygens (including phenoxy) is 1. The molecule has 1 aromatic carbocycles. The van der Waals surface area contributed by atoms with Gasteiger partial charge >= 0.3 is 0 Å². The molecule has 0 amide bonds. The predicted molar refractivity (Wildman–Crippen MR) is 92.0 cm³/mol. The molecule has 9 heteroatoms. The van der Waals surface area contributed by atoms with Crippen molar-refractivity contribution in [2.24, 2.45) is 0 Å². The summed E-state index contributed by atoms with van der Waals surface area (Å²) < 4.78 is 19.7. The highest BCUT2D eigenvalue weighted by Crippen LogP contribution is 2.29. The Labute approximate surface area is 143 Å². The van der Waals surface area contributed by atoms with Crippen LogP contribution in [0.5, 0.6) is 5.88 Å². The zero-order valence-corrected chi connectivity index (χ0v) is 14.1. The van der Waals surface area contributed by atoms with E-state index in [1.807, 2.05) is 0 Å². The highest BCUT2D eigenvalue weighted by atomic mass is 31.2. The third-order valence-corrected chi connectivity index (χ3v) is 4.34. The summed E-state index contributed by atoms with van der Waals surface area (Å²) in [6.07, 6.45) is 2.00. The minimum atomic E-state index is -2.01. The summed E-state index contributed by atoms with van der Waals surface area (Å²) >= 11 is 0. The van der Waals surface area contributed by atoms with E-state index in [2.05, 4.69) is 15.2 Å². The molecule has 130 valence electrons. The lowest BCUT2D eigenvalue weighted by atomic mass is 10.0. The number of halogens is 1. The molecule has 3 aromatic rings. The van der Waals surface area contributed by atoms with Crippen molar-refractivity contribution in [1.82, 2.24) is 15.2 Å². The van der Waals surface area contributed by atoms with E-state index >= 15 is 0 Å². The molecule has 7 nitrogen and oxygen atoms in total. The van der Waals surface area contributed by atoms with Crippen LogP contribution in [0.2, 0.25) is 0 Å². The number of nitrogens with one attached hydrogen (secondary N) is 1. The number of aromatic nitrogens is 3. The van der Waals surface area contributed by atoms with E-state index in [-0.39, 0.29) is 23.0 Å². The van der Waals surface area contributed by atoms with E-state index < -0.39 is 19.8 Å². The molecule has 25 heavy (non-hydrogen) atoms. The van der Waals surface area contributed by atoms with Gasteiger partial charge in [0, 0.05) is 17.1 Å². The van der Waals surface area contributed by atoms with Gasteiger partial charge in [0.05, 0.1) is 19.0 Å². The number of nitrogens with zero attached hydrogens (tertiary/aromatic N) is 2. The van der Waals surface area contributed by atoms with Crippen molar-refractivity contribution < 1.29 is 18.9 Å². The van der Waals surface area contributed by atoms with Crippen LogP contribution in [0.3, 0.4) is 0 Å². The largest absolute Gasteiger partial charge is 0.480 e. The van der Waals surface area contributed by atoms with Gasteiger partial charge in [0.25, 0.3) is 5.56 Å². The normalized spacial score (nSPS) is 11.2. The fraction of sp³-hybridized carbons (Fsp3) is 0.188. The fourth-order valence-electron chi connectivity index (χ4n) is 2.52. The Morgan fingerprint density at radius 1 is 1.32 bits per heavy atom. The smallest absolute Gasteiger partial charge is 0.277 e. The molecule has 0 atom stereocenters. The first kappa shape index (κ1) is 17.4.